The van der Waals surface area contributed by atoms with Gasteiger partial charge < -0.3 is 14.6 Å². The Morgan fingerprint density at radius 1 is 1.60 bits per heavy atom. The van der Waals surface area contributed by atoms with Crippen LogP contribution in [0, 0.1) is 0 Å². The Bertz CT molecular complexity index is 194. The first-order valence-electron chi connectivity index (χ1n) is 2.87. The maximum Gasteiger partial charge on any atom is 0.324 e. The molecule has 1 heterocycles. The standard InChI is InChI=1S/C6H8O4/c1-3-5(7)10-4(2)6(8)9-3/h3,8H,1-2H3/p-1. The van der Waals surface area contributed by atoms with Crippen LogP contribution in [0.2, 0.25) is 0 Å². The van der Waals surface area contributed by atoms with Crippen LogP contribution in [0.3, 0.4) is 0 Å². The van der Waals surface area contributed by atoms with Crippen LogP contribution >= 0.6 is 0 Å². The summed E-state index contributed by atoms with van der Waals surface area (Å²) in [7, 11) is 0. The van der Waals surface area contributed by atoms with Gasteiger partial charge in [-0.05, 0) is 13.8 Å². The fourth-order valence-corrected chi connectivity index (χ4v) is 0.567. The van der Waals surface area contributed by atoms with Crippen molar-refractivity contribution in [1.82, 2.24) is 0 Å². The molecule has 4 heteroatoms. The summed E-state index contributed by atoms with van der Waals surface area (Å²) in [6.07, 6.45) is -0.767. The van der Waals surface area contributed by atoms with Crippen LogP contribution in [0.5, 0.6) is 0 Å². The lowest BCUT2D eigenvalue weighted by Gasteiger charge is -2.28. The van der Waals surface area contributed by atoms with E-state index in [1.165, 1.54) is 13.8 Å². The van der Waals surface area contributed by atoms with E-state index >= 15 is 0 Å². The molecule has 0 spiro atoms. The molecule has 0 aromatic heterocycles. The summed E-state index contributed by atoms with van der Waals surface area (Å²) in [5, 5.41) is 10.6. The maximum absolute atomic E-state index is 10.6. The van der Waals surface area contributed by atoms with Crippen molar-refractivity contribution in [3.8, 4) is 0 Å². The monoisotopic (exact) mass is 143 g/mol. The minimum absolute atomic E-state index is 0.00287. The molecule has 0 N–H and O–H groups in total. The zero-order valence-corrected chi connectivity index (χ0v) is 5.71. The van der Waals surface area contributed by atoms with Crippen molar-refractivity contribution in [2.75, 3.05) is 0 Å². The van der Waals surface area contributed by atoms with Gasteiger partial charge in [0, 0.05) is 0 Å². The minimum Gasteiger partial charge on any atom is -0.596 e. The Hall–Kier alpha value is -1.19. The van der Waals surface area contributed by atoms with E-state index in [9.17, 15) is 9.90 Å². The fourth-order valence-electron chi connectivity index (χ4n) is 0.567. The van der Waals surface area contributed by atoms with E-state index in [4.69, 9.17) is 0 Å². The average Bonchev–Trinajstić information content (AvgIpc) is 1.84. The number of allylic oxidation sites excluding steroid dienone is 1. The van der Waals surface area contributed by atoms with Crippen LogP contribution in [0.15, 0.2) is 11.7 Å². The highest BCUT2D eigenvalue weighted by molar-refractivity contribution is 5.76. The summed E-state index contributed by atoms with van der Waals surface area (Å²) in [5.41, 5.74) is 0. The van der Waals surface area contributed by atoms with Crippen molar-refractivity contribution in [2.45, 2.75) is 20.0 Å². The number of carbonyl (C=O) groups excluding carboxylic acids is 1. The normalized spacial score (nSPS) is 25.8. The van der Waals surface area contributed by atoms with Gasteiger partial charge in [0.2, 0.25) is 0 Å². The zero-order chi connectivity index (χ0) is 7.72. The van der Waals surface area contributed by atoms with Gasteiger partial charge in [-0.3, -0.25) is 4.79 Å². The Balaban J connectivity index is 2.79. The molecule has 0 aromatic rings. The Morgan fingerprint density at radius 3 is 2.70 bits per heavy atom. The molecule has 0 bridgehead atoms. The molecule has 0 aromatic carbocycles. The maximum atomic E-state index is 10.6. The molecule has 4 nitrogen and oxygen atoms in total. The molecule has 0 saturated heterocycles. The lowest BCUT2D eigenvalue weighted by Crippen LogP contribution is -2.31. The van der Waals surface area contributed by atoms with Crippen molar-refractivity contribution in [3.05, 3.63) is 11.7 Å². The summed E-state index contributed by atoms with van der Waals surface area (Å²) in [6, 6.07) is 0. The second-order valence-electron chi connectivity index (χ2n) is 2.02. The molecule has 0 radical (unpaired) electrons. The fraction of sp³-hybridized carbons (Fsp3) is 0.500. The second kappa shape index (κ2) is 2.21. The highest BCUT2D eigenvalue weighted by atomic mass is 16.7. The molecular weight excluding hydrogens is 136 g/mol. The number of rotatable bonds is 0. The summed E-state index contributed by atoms with van der Waals surface area (Å²) in [4.78, 5) is 10.6. The van der Waals surface area contributed by atoms with Gasteiger partial charge in [0.15, 0.2) is 0 Å². The summed E-state index contributed by atoms with van der Waals surface area (Å²) >= 11 is 0. The number of carbonyl (C=O) groups is 1. The third kappa shape index (κ3) is 1.05. The van der Waals surface area contributed by atoms with Crippen LogP contribution in [0.4, 0.5) is 0 Å². The zero-order valence-electron chi connectivity index (χ0n) is 5.71. The van der Waals surface area contributed by atoms with E-state index in [2.05, 4.69) is 9.47 Å². The third-order valence-corrected chi connectivity index (χ3v) is 1.16. The van der Waals surface area contributed by atoms with Crippen molar-refractivity contribution >= 4 is 5.97 Å². The van der Waals surface area contributed by atoms with Crippen molar-refractivity contribution < 1.29 is 19.4 Å². The van der Waals surface area contributed by atoms with E-state index < -0.39 is 18.0 Å². The quantitative estimate of drug-likeness (QED) is 0.429. The first-order valence-corrected chi connectivity index (χ1v) is 2.87. The molecule has 56 valence electrons. The van der Waals surface area contributed by atoms with Gasteiger partial charge in [0.25, 0.3) is 0 Å². The Kier molecular flexibility index (Phi) is 1.53. The van der Waals surface area contributed by atoms with E-state index in [0.717, 1.165) is 0 Å². The highest BCUT2D eigenvalue weighted by Crippen LogP contribution is 2.13. The van der Waals surface area contributed by atoms with Gasteiger partial charge in [0.05, 0.1) is 5.95 Å². The smallest absolute Gasteiger partial charge is 0.324 e. The van der Waals surface area contributed by atoms with Crippen molar-refractivity contribution in [2.24, 2.45) is 0 Å². The molecule has 1 atom stereocenters. The van der Waals surface area contributed by atoms with Crippen molar-refractivity contribution in [3.63, 3.8) is 0 Å². The van der Waals surface area contributed by atoms with Gasteiger partial charge in [-0.25, -0.2) is 0 Å². The molecule has 1 rings (SSSR count). The lowest BCUT2D eigenvalue weighted by atomic mass is 10.4. The molecule has 1 unspecified atom stereocenters. The summed E-state index contributed by atoms with van der Waals surface area (Å²) in [6.45, 7) is 2.86. The minimum atomic E-state index is -0.767. The van der Waals surface area contributed by atoms with E-state index in [-0.39, 0.29) is 5.76 Å². The first kappa shape index (κ1) is 6.92. The molecule has 0 saturated carbocycles. The lowest BCUT2D eigenvalue weighted by molar-refractivity contribution is -0.370. The Morgan fingerprint density at radius 2 is 2.20 bits per heavy atom. The number of ether oxygens (including phenoxy) is 2. The number of esters is 1. The van der Waals surface area contributed by atoms with Gasteiger partial charge in [-0.2, -0.15) is 0 Å². The summed E-state index contributed by atoms with van der Waals surface area (Å²) in [5.74, 6) is -1.08. The molecule has 1 aliphatic heterocycles. The third-order valence-electron chi connectivity index (χ3n) is 1.16. The van der Waals surface area contributed by atoms with Crippen LogP contribution in [0.25, 0.3) is 0 Å². The highest BCUT2D eigenvalue weighted by Gasteiger charge is 2.17. The average molecular weight is 143 g/mol. The molecule has 0 fully saturated rings. The number of cyclic esters (lactones) is 1. The van der Waals surface area contributed by atoms with Gasteiger partial charge in [-0.15, -0.1) is 0 Å². The molecular formula is C6H7O4-. The summed E-state index contributed by atoms with van der Waals surface area (Å²) < 4.78 is 9.07. The first-order chi connectivity index (χ1) is 4.61. The molecule has 0 aliphatic carbocycles. The van der Waals surface area contributed by atoms with Gasteiger partial charge in [-0.1, -0.05) is 0 Å². The van der Waals surface area contributed by atoms with Crippen molar-refractivity contribution in [1.29, 1.82) is 0 Å². The van der Waals surface area contributed by atoms with E-state index in [1.54, 1.807) is 0 Å². The van der Waals surface area contributed by atoms with Crippen LogP contribution in [0.1, 0.15) is 13.8 Å². The number of hydrogen-bond donors (Lipinski definition) is 0. The second-order valence-corrected chi connectivity index (χ2v) is 2.02. The van der Waals surface area contributed by atoms with Crippen LogP contribution < -0.4 is 5.11 Å². The Labute approximate surface area is 58.1 Å². The predicted molar refractivity (Wildman–Crippen MR) is 29.3 cm³/mol. The molecule has 0 amide bonds. The molecule has 10 heavy (non-hydrogen) atoms. The molecule has 1 aliphatic rings. The van der Waals surface area contributed by atoms with Crippen LogP contribution in [-0.2, 0) is 14.3 Å². The SMILES string of the molecule is CC1=C([O-])OC(C)C(=O)O1. The van der Waals surface area contributed by atoms with Gasteiger partial charge >= 0.3 is 5.97 Å². The topological polar surface area (TPSA) is 58.6 Å². The van der Waals surface area contributed by atoms with E-state index in [0.29, 0.717) is 0 Å². The van der Waals surface area contributed by atoms with E-state index in [1.807, 2.05) is 0 Å². The number of hydrogen-bond acceptors (Lipinski definition) is 4. The van der Waals surface area contributed by atoms with Crippen LogP contribution in [-0.4, -0.2) is 12.1 Å². The predicted octanol–water partition coefficient (Wildman–Crippen LogP) is -0.502. The largest absolute Gasteiger partial charge is 0.596 e. The van der Waals surface area contributed by atoms with Gasteiger partial charge in [0.1, 0.15) is 11.9 Å².